The fourth-order valence-electron chi connectivity index (χ4n) is 3.28. The standard InChI is InChI=1S/C22H27N3O9S2/c1-22(2,3)34-21(28)24-19(20(27)25-35(29,30)14-9-5-4-6-10-14)16(13-18(23)26)15-11-7-8-12-17(15)36(31,32)33/h4-12,16,19H,13H2,1-3H3,(H2,23,26)(H,24,28)(H,25,27)(H,31,32,33)/t16?,19-/m0/s1. The number of hydrogen-bond donors (Lipinski definition) is 4. The van der Waals surface area contributed by atoms with Gasteiger partial charge in [-0.15, -0.1) is 0 Å². The first-order chi connectivity index (χ1) is 16.5. The van der Waals surface area contributed by atoms with Crippen LogP contribution in [0, 0.1) is 0 Å². The molecule has 0 spiro atoms. The van der Waals surface area contributed by atoms with Gasteiger partial charge in [-0.05, 0) is 44.5 Å². The van der Waals surface area contributed by atoms with Gasteiger partial charge in [0.1, 0.15) is 11.6 Å². The molecule has 0 bridgehead atoms. The minimum Gasteiger partial charge on any atom is -0.444 e. The van der Waals surface area contributed by atoms with Crippen LogP contribution < -0.4 is 15.8 Å². The Bertz CT molecular complexity index is 1340. The molecule has 5 N–H and O–H groups in total. The third-order valence-corrected chi connectivity index (χ3v) is 6.95. The maximum Gasteiger partial charge on any atom is 0.408 e. The highest BCUT2D eigenvalue weighted by Gasteiger charge is 2.38. The second-order valence-corrected chi connectivity index (χ2v) is 11.8. The molecule has 196 valence electrons. The molecular formula is C22H27N3O9S2. The maximum atomic E-state index is 13.3. The Balaban J connectivity index is 2.62. The third kappa shape index (κ3) is 8.03. The van der Waals surface area contributed by atoms with Gasteiger partial charge in [-0.1, -0.05) is 36.4 Å². The number of rotatable bonds is 9. The van der Waals surface area contributed by atoms with Gasteiger partial charge in [0.2, 0.25) is 5.91 Å². The fourth-order valence-corrected chi connectivity index (χ4v) is 5.08. The molecule has 36 heavy (non-hydrogen) atoms. The lowest BCUT2D eigenvalue weighted by atomic mass is 9.87. The van der Waals surface area contributed by atoms with E-state index in [0.717, 1.165) is 6.07 Å². The third-order valence-electron chi connectivity index (χ3n) is 4.66. The van der Waals surface area contributed by atoms with E-state index in [1.54, 1.807) is 6.07 Å². The van der Waals surface area contributed by atoms with Crippen LogP contribution in [-0.2, 0) is 34.5 Å². The number of sulfonamides is 1. The molecule has 0 heterocycles. The summed E-state index contributed by atoms with van der Waals surface area (Å²) in [6, 6.07) is 9.84. The van der Waals surface area contributed by atoms with Crippen LogP contribution in [0.3, 0.4) is 0 Å². The Hall–Kier alpha value is -3.49. The van der Waals surface area contributed by atoms with E-state index in [-0.39, 0.29) is 10.5 Å². The molecule has 3 amide bonds. The van der Waals surface area contributed by atoms with Crippen molar-refractivity contribution >= 4 is 38.0 Å². The van der Waals surface area contributed by atoms with Crippen molar-refractivity contribution in [1.82, 2.24) is 10.0 Å². The number of hydrogen-bond acceptors (Lipinski definition) is 8. The van der Waals surface area contributed by atoms with Crippen molar-refractivity contribution in [3.05, 3.63) is 60.2 Å². The molecule has 2 aromatic carbocycles. The van der Waals surface area contributed by atoms with Crippen molar-refractivity contribution in [2.75, 3.05) is 0 Å². The van der Waals surface area contributed by atoms with Crippen LogP contribution in [0.2, 0.25) is 0 Å². The smallest absolute Gasteiger partial charge is 0.408 e. The largest absolute Gasteiger partial charge is 0.444 e. The van der Waals surface area contributed by atoms with Gasteiger partial charge < -0.3 is 15.8 Å². The Morgan fingerprint density at radius 1 is 0.972 bits per heavy atom. The van der Waals surface area contributed by atoms with Crippen LogP contribution in [0.1, 0.15) is 38.7 Å². The summed E-state index contributed by atoms with van der Waals surface area (Å²) in [5.41, 5.74) is 4.06. The number of ether oxygens (including phenoxy) is 1. The zero-order valence-electron chi connectivity index (χ0n) is 19.7. The highest BCUT2D eigenvalue weighted by atomic mass is 32.2. The topological polar surface area (TPSA) is 199 Å². The molecule has 0 saturated heterocycles. The van der Waals surface area contributed by atoms with Gasteiger partial charge in [0.15, 0.2) is 0 Å². The summed E-state index contributed by atoms with van der Waals surface area (Å²) in [6.07, 6.45) is -1.86. The van der Waals surface area contributed by atoms with E-state index in [4.69, 9.17) is 10.5 Å². The van der Waals surface area contributed by atoms with Crippen LogP contribution in [0.15, 0.2) is 64.4 Å². The molecule has 0 saturated carbocycles. The lowest BCUT2D eigenvalue weighted by molar-refractivity contribution is -0.122. The van der Waals surface area contributed by atoms with Crippen LogP contribution in [0.5, 0.6) is 0 Å². The highest BCUT2D eigenvalue weighted by molar-refractivity contribution is 7.90. The molecule has 0 aliphatic rings. The quantitative estimate of drug-likeness (QED) is 0.338. The van der Waals surface area contributed by atoms with Crippen molar-refractivity contribution in [1.29, 1.82) is 0 Å². The minimum absolute atomic E-state index is 0.257. The molecule has 1 unspecified atom stereocenters. The van der Waals surface area contributed by atoms with Crippen molar-refractivity contribution in [3.63, 3.8) is 0 Å². The van der Waals surface area contributed by atoms with E-state index in [9.17, 15) is 35.8 Å². The maximum absolute atomic E-state index is 13.3. The van der Waals surface area contributed by atoms with Gasteiger partial charge >= 0.3 is 6.09 Å². The molecule has 0 aliphatic heterocycles. The number of carbonyl (C=O) groups excluding carboxylic acids is 3. The number of alkyl carbamates (subject to hydrolysis) is 1. The predicted molar refractivity (Wildman–Crippen MR) is 128 cm³/mol. The molecule has 2 rings (SSSR count). The average molecular weight is 542 g/mol. The van der Waals surface area contributed by atoms with Gasteiger partial charge in [-0.2, -0.15) is 8.42 Å². The Labute approximate surface area is 209 Å². The number of carbonyl (C=O) groups is 3. The zero-order chi connectivity index (χ0) is 27.3. The van der Waals surface area contributed by atoms with E-state index >= 15 is 0 Å². The summed E-state index contributed by atoms with van der Waals surface area (Å²) < 4.78 is 66.2. The number of amides is 3. The lowest BCUT2D eigenvalue weighted by Crippen LogP contribution is -2.53. The van der Waals surface area contributed by atoms with E-state index in [0.29, 0.717) is 0 Å². The first-order valence-electron chi connectivity index (χ1n) is 10.5. The average Bonchev–Trinajstić information content (AvgIpc) is 2.74. The van der Waals surface area contributed by atoms with E-state index in [1.807, 2.05) is 4.72 Å². The number of primary amides is 1. The summed E-state index contributed by atoms with van der Waals surface area (Å²) in [7, 11) is -9.29. The monoisotopic (exact) mass is 541 g/mol. The van der Waals surface area contributed by atoms with Crippen molar-refractivity contribution in [3.8, 4) is 0 Å². The second kappa shape index (κ2) is 11.1. The summed E-state index contributed by atoms with van der Waals surface area (Å²) in [5, 5.41) is 2.21. The number of nitrogens with one attached hydrogen (secondary N) is 2. The van der Waals surface area contributed by atoms with Crippen molar-refractivity contribution in [2.24, 2.45) is 5.73 Å². The first kappa shape index (κ1) is 28.7. The van der Waals surface area contributed by atoms with Gasteiger partial charge in [-0.3, -0.25) is 14.1 Å². The van der Waals surface area contributed by atoms with Crippen LogP contribution in [0.25, 0.3) is 0 Å². The Morgan fingerprint density at radius 3 is 2.06 bits per heavy atom. The van der Waals surface area contributed by atoms with Gasteiger partial charge in [0.25, 0.3) is 26.0 Å². The second-order valence-electron chi connectivity index (χ2n) is 8.70. The molecule has 0 aliphatic carbocycles. The number of nitrogens with two attached hydrogens (primary N) is 1. The summed E-state index contributed by atoms with van der Waals surface area (Å²) in [6.45, 7) is 4.61. The molecule has 14 heteroatoms. The number of benzene rings is 2. The van der Waals surface area contributed by atoms with Gasteiger partial charge in [0.05, 0.1) is 9.79 Å². The van der Waals surface area contributed by atoms with Crippen LogP contribution >= 0.6 is 0 Å². The Morgan fingerprint density at radius 2 is 1.53 bits per heavy atom. The molecule has 2 atom stereocenters. The molecular weight excluding hydrogens is 514 g/mol. The summed E-state index contributed by atoms with van der Waals surface area (Å²) >= 11 is 0. The fraction of sp³-hybridized carbons (Fsp3) is 0.318. The SMILES string of the molecule is CC(C)(C)OC(=O)N[C@H](C(=O)NS(=O)(=O)c1ccccc1)C(CC(N)=O)c1ccccc1S(=O)(=O)O. The summed E-state index contributed by atoms with van der Waals surface area (Å²) in [5.74, 6) is -3.82. The first-order valence-corrected chi connectivity index (χ1v) is 13.4. The zero-order valence-corrected chi connectivity index (χ0v) is 21.3. The van der Waals surface area contributed by atoms with Crippen LogP contribution in [-0.4, -0.2) is 50.9 Å². The van der Waals surface area contributed by atoms with Crippen LogP contribution in [0.4, 0.5) is 4.79 Å². The minimum atomic E-state index is -4.85. The molecule has 0 radical (unpaired) electrons. The predicted octanol–water partition coefficient (Wildman–Crippen LogP) is 1.29. The normalized spacial score (nSPS) is 13.8. The molecule has 12 nitrogen and oxygen atoms in total. The van der Waals surface area contributed by atoms with Crippen molar-refractivity contribution < 1.29 is 40.5 Å². The highest BCUT2D eigenvalue weighted by Crippen LogP contribution is 2.30. The van der Waals surface area contributed by atoms with E-state index < -0.39 is 66.9 Å². The Kier molecular flexibility index (Phi) is 8.83. The molecule has 2 aromatic rings. The van der Waals surface area contributed by atoms with E-state index in [2.05, 4.69) is 5.32 Å². The van der Waals surface area contributed by atoms with Crippen molar-refractivity contribution in [2.45, 2.75) is 54.5 Å². The lowest BCUT2D eigenvalue weighted by Gasteiger charge is -2.29. The molecule has 0 aromatic heterocycles. The summed E-state index contributed by atoms with van der Waals surface area (Å²) in [4.78, 5) is 36.8. The molecule has 0 fully saturated rings. The van der Waals surface area contributed by atoms with E-state index in [1.165, 1.54) is 63.2 Å². The van der Waals surface area contributed by atoms with Gasteiger partial charge in [0, 0.05) is 12.3 Å². The van der Waals surface area contributed by atoms with Gasteiger partial charge in [-0.25, -0.2) is 17.9 Å².